The number of halogens is 1. The molecule has 20 heavy (non-hydrogen) atoms. The number of ether oxygens (including phenoxy) is 1. The highest BCUT2D eigenvalue weighted by atomic mass is 35.5. The molecule has 1 N–H and O–H groups in total. The predicted molar refractivity (Wildman–Crippen MR) is 74.1 cm³/mol. The van der Waals surface area contributed by atoms with E-state index in [2.05, 4.69) is 0 Å². The van der Waals surface area contributed by atoms with E-state index in [-0.39, 0.29) is 12.5 Å². The molecule has 1 saturated heterocycles. The van der Waals surface area contributed by atoms with Crippen LogP contribution in [0, 0.1) is 6.92 Å². The highest BCUT2D eigenvalue weighted by Crippen LogP contribution is 2.29. The molecule has 108 valence electrons. The molecule has 1 amide bonds. The van der Waals surface area contributed by atoms with Gasteiger partial charge in [-0.2, -0.15) is 0 Å². The third-order valence-electron chi connectivity index (χ3n) is 3.30. The fourth-order valence-corrected chi connectivity index (χ4v) is 2.42. The van der Waals surface area contributed by atoms with E-state index in [0.717, 1.165) is 5.56 Å². The van der Waals surface area contributed by atoms with Crippen molar-refractivity contribution in [2.24, 2.45) is 0 Å². The van der Waals surface area contributed by atoms with Crippen molar-refractivity contribution in [3.8, 4) is 0 Å². The van der Waals surface area contributed by atoms with Gasteiger partial charge in [0.1, 0.15) is 12.2 Å². The number of benzene rings is 1. The van der Waals surface area contributed by atoms with Crippen LogP contribution in [-0.4, -0.2) is 47.2 Å². The van der Waals surface area contributed by atoms with Crippen molar-refractivity contribution >= 4 is 23.5 Å². The Balaban J connectivity index is 2.00. The van der Waals surface area contributed by atoms with Gasteiger partial charge in [0.15, 0.2) is 0 Å². The Morgan fingerprint density at radius 3 is 2.70 bits per heavy atom. The van der Waals surface area contributed by atoms with Crippen molar-refractivity contribution in [2.45, 2.75) is 19.4 Å². The van der Waals surface area contributed by atoms with Crippen LogP contribution in [0.5, 0.6) is 0 Å². The largest absolute Gasteiger partial charge is 0.480 e. The normalized spacial score (nSPS) is 16.6. The van der Waals surface area contributed by atoms with E-state index >= 15 is 0 Å². The standard InChI is InChI=1S/C14H16ClNO4/c1-9-4-3-5-10(12(9)15)13(19)16-7-14(2,8-16)20-6-11(17)18/h3-5H,6-8H2,1-2H3,(H,17,18). The molecule has 0 unspecified atom stereocenters. The molecule has 1 aromatic carbocycles. The van der Waals surface area contributed by atoms with Gasteiger partial charge in [-0.05, 0) is 25.5 Å². The van der Waals surface area contributed by atoms with Gasteiger partial charge in [-0.1, -0.05) is 23.7 Å². The number of amides is 1. The van der Waals surface area contributed by atoms with Crippen LogP contribution in [0.25, 0.3) is 0 Å². The molecule has 0 aromatic heterocycles. The van der Waals surface area contributed by atoms with Crippen LogP contribution in [0.1, 0.15) is 22.8 Å². The average Bonchev–Trinajstić information content (AvgIpc) is 2.35. The zero-order valence-electron chi connectivity index (χ0n) is 11.4. The molecule has 1 fully saturated rings. The number of carbonyl (C=O) groups is 2. The molecule has 0 saturated carbocycles. The first-order valence-electron chi connectivity index (χ1n) is 6.22. The van der Waals surface area contributed by atoms with Crippen LogP contribution in [0.15, 0.2) is 18.2 Å². The Kier molecular flexibility index (Phi) is 4.01. The van der Waals surface area contributed by atoms with E-state index in [4.69, 9.17) is 21.4 Å². The van der Waals surface area contributed by atoms with E-state index in [1.165, 1.54) is 0 Å². The van der Waals surface area contributed by atoms with Gasteiger partial charge in [-0.15, -0.1) is 0 Å². The molecule has 0 aliphatic carbocycles. The van der Waals surface area contributed by atoms with Gasteiger partial charge >= 0.3 is 5.97 Å². The summed E-state index contributed by atoms with van der Waals surface area (Å²) in [5.41, 5.74) is 0.722. The molecule has 5 nitrogen and oxygen atoms in total. The minimum Gasteiger partial charge on any atom is -0.480 e. The number of nitrogens with zero attached hydrogens (tertiary/aromatic N) is 1. The van der Waals surface area contributed by atoms with Gasteiger partial charge in [0.2, 0.25) is 0 Å². The summed E-state index contributed by atoms with van der Waals surface area (Å²) in [6.07, 6.45) is 0. The second-order valence-electron chi connectivity index (χ2n) is 5.23. The van der Waals surface area contributed by atoms with Crippen molar-refractivity contribution in [1.29, 1.82) is 0 Å². The highest BCUT2D eigenvalue weighted by molar-refractivity contribution is 6.34. The van der Waals surface area contributed by atoms with Gasteiger partial charge in [-0.3, -0.25) is 4.79 Å². The Hall–Kier alpha value is -1.59. The maximum Gasteiger partial charge on any atom is 0.329 e. The molecule has 0 atom stereocenters. The minimum atomic E-state index is -1.02. The maximum absolute atomic E-state index is 12.3. The van der Waals surface area contributed by atoms with E-state index in [1.807, 2.05) is 13.0 Å². The summed E-state index contributed by atoms with van der Waals surface area (Å²) in [6.45, 7) is 4.00. The fraction of sp³-hybridized carbons (Fsp3) is 0.429. The number of likely N-dealkylation sites (tertiary alicyclic amines) is 1. The third-order valence-corrected chi connectivity index (χ3v) is 3.81. The molecule has 6 heteroatoms. The van der Waals surface area contributed by atoms with Crippen molar-refractivity contribution in [1.82, 2.24) is 4.90 Å². The van der Waals surface area contributed by atoms with Crippen LogP contribution in [0.2, 0.25) is 5.02 Å². The topological polar surface area (TPSA) is 66.8 Å². The lowest BCUT2D eigenvalue weighted by molar-refractivity contribution is -0.159. The van der Waals surface area contributed by atoms with Gasteiger partial charge in [0.25, 0.3) is 5.91 Å². The minimum absolute atomic E-state index is 0.157. The lowest BCUT2D eigenvalue weighted by atomic mass is 9.95. The van der Waals surface area contributed by atoms with Crippen molar-refractivity contribution < 1.29 is 19.4 Å². The molecule has 0 radical (unpaired) electrons. The van der Waals surface area contributed by atoms with E-state index in [0.29, 0.717) is 23.7 Å². The average molecular weight is 298 g/mol. The summed E-state index contributed by atoms with van der Waals surface area (Å²) < 4.78 is 5.27. The zero-order chi connectivity index (χ0) is 14.9. The summed E-state index contributed by atoms with van der Waals surface area (Å²) >= 11 is 6.13. The highest BCUT2D eigenvalue weighted by Gasteiger charge is 2.43. The van der Waals surface area contributed by atoms with Crippen LogP contribution in [-0.2, 0) is 9.53 Å². The molecule has 1 aliphatic heterocycles. The third kappa shape index (κ3) is 2.94. The summed E-state index contributed by atoms with van der Waals surface area (Å²) in [6, 6.07) is 5.31. The SMILES string of the molecule is Cc1cccc(C(=O)N2CC(C)(OCC(=O)O)C2)c1Cl. The number of hydrogen-bond donors (Lipinski definition) is 1. The first-order valence-corrected chi connectivity index (χ1v) is 6.60. The molecular weight excluding hydrogens is 282 g/mol. The lowest BCUT2D eigenvalue weighted by Gasteiger charge is -2.47. The molecule has 2 rings (SSSR count). The number of carbonyl (C=O) groups excluding carboxylic acids is 1. The van der Waals surface area contributed by atoms with Crippen molar-refractivity contribution in [2.75, 3.05) is 19.7 Å². The van der Waals surface area contributed by atoms with E-state index in [9.17, 15) is 9.59 Å². The summed E-state index contributed by atoms with van der Waals surface area (Å²) in [5, 5.41) is 9.05. The maximum atomic E-state index is 12.3. The van der Waals surface area contributed by atoms with E-state index < -0.39 is 11.6 Å². The molecular formula is C14H16ClNO4. The molecule has 1 aromatic rings. The van der Waals surface area contributed by atoms with Gasteiger partial charge in [0, 0.05) is 0 Å². The fourth-order valence-electron chi connectivity index (χ4n) is 2.21. The molecule has 0 spiro atoms. The Morgan fingerprint density at radius 2 is 2.10 bits per heavy atom. The molecule has 0 bridgehead atoms. The Bertz CT molecular complexity index is 552. The monoisotopic (exact) mass is 297 g/mol. The Labute approximate surface area is 122 Å². The first-order chi connectivity index (χ1) is 9.32. The number of rotatable bonds is 4. The second-order valence-corrected chi connectivity index (χ2v) is 5.61. The zero-order valence-corrected chi connectivity index (χ0v) is 12.1. The van der Waals surface area contributed by atoms with Gasteiger partial charge in [-0.25, -0.2) is 4.79 Å². The van der Waals surface area contributed by atoms with Gasteiger partial charge in [0.05, 0.1) is 23.7 Å². The van der Waals surface area contributed by atoms with E-state index in [1.54, 1.807) is 24.0 Å². The smallest absolute Gasteiger partial charge is 0.329 e. The second kappa shape index (κ2) is 5.42. The lowest BCUT2D eigenvalue weighted by Crippen LogP contribution is -2.63. The molecule has 1 heterocycles. The number of aryl methyl sites for hydroxylation is 1. The molecule has 1 aliphatic rings. The summed E-state index contributed by atoms with van der Waals surface area (Å²) in [7, 11) is 0. The van der Waals surface area contributed by atoms with Crippen LogP contribution < -0.4 is 0 Å². The Morgan fingerprint density at radius 1 is 1.45 bits per heavy atom. The number of carboxylic acids is 1. The number of carboxylic acid groups (broad SMARTS) is 1. The number of aliphatic carboxylic acids is 1. The first kappa shape index (κ1) is 14.8. The number of hydrogen-bond acceptors (Lipinski definition) is 3. The van der Waals surface area contributed by atoms with Crippen LogP contribution >= 0.6 is 11.6 Å². The summed E-state index contributed by atoms with van der Waals surface area (Å²) in [4.78, 5) is 24.4. The van der Waals surface area contributed by atoms with Crippen LogP contribution in [0.3, 0.4) is 0 Å². The van der Waals surface area contributed by atoms with Crippen molar-refractivity contribution in [3.63, 3.8) is 0 Å². The quantitative estimate of drug-likeness (QED) is 0.922. The van der Waals surface area contributed by atoms with Crippen LogP contribution in [0.4, 0.5) is 0 Å². The summed E-state index contributed by atoms with van der Waals surface area (Å²) in [5.74, 6) is -1.17. The van der Waals surface area contributed by atoms with Crippen molar-refractivity contribution in [3.05, 3.63) is 34.3 Å². The van der Waals surface area contributed by atoms with Gasteiger partial charge < -0.3 is 14.7 Å². The predicted octanol–water partition coefficient (Wildman–Crippen LogP) is 1.96.